The van der Waals surface area contributed by atoms with Crippen LogP contribution in [0.25, 0.3) is 0 Å². The molecule has 3 N–H and O–H groups in total. The van der Waals surface area contributed by atoms with E-state index in [2.05, 4.69) is 34.5 Å². The van der Waals surface area contributed by atoms with Crippen molar-refractivity contribution in [2.24, 2.45) is 17.6 Å². The fourth-order valence-electron chi connectivity index (χ4n) is 5.00. The minimum atomic E-state index is 0.180. The van der Waals surface area contributed by atoms with E-state index in [1.54, 1.807) is 0 Å². The van der Waals surface area contributed by atoms with E-state index >= 15 is 0 Å². The first-order valence-corrected chi connectivity index (χ1v) is 9.08. The third-order valence-corrected chi connectivity index (χ3v) is 6.02. The smallest absolute Gasteiger partial charge is 0.239 e. The molecule has 4 rings (SSSR count). The number of amides is 1. The predicted octanol–water partition coefficient (Wildman–Crippen LogP) is 2.07. The Morgan fingerprint density at radius 3 is 2.74 bits per heavy atom. The molecule has 2 unspecified atom stereocenters. The quantitative estimate of drug-likeness (QED) is 0.898. The summed E-state index contributed by atoms with van der Waals surface area (Å²) in [4.78, 5) is 14.8. The summed E-state index contributed by atoms with van der Waals surface area (Å²) in [5.74, 6) is 1.36. The van der Waals surface area contributed by atoms with Gasteiger partial charge in [0.1, 0.15) is 0 Å². The van der Waals surface area contributed by atoms with Crippen molar-refractivity contribution >= 4 is 11.6 Å². The number of nitrogens with zero attached hydrogens (tertiary/aromatic N) is 1. The Kier molecular flexibility index (Phi) is 4.02. The molecule has 124 valence electrons. The summed E-state index contributed by atoms with van der Waals surface area (Å²) < 4.78 is 0. The summed E-state index contributed by atoms with van der Waals surface area (Å²) >= 11 is 0. The number of hydrogen-bond acceptors (Lipinski definition) is 3. The fourth-order valence-corrected chi connectivity index (χ4v) is 5.00. The first-order valence-electron chi connectivity index (χ1n) is 9.08. The number of nitrogens with two attached hydrogens (primary N) is 1. The van der Waals surface area contributed by atoms with Gasteiger partial charge >= 0.3 is 0 Å². The van der Waals surface area contributed by atoms with Crippen LogP contribution in [0.4, 0.5) is 5.69 Å². The molecule has 0 radical (unpaired) electrons. The molecule has 1 aromatic rings. The molecule has 2 aliphatic carbocycles. The molecule has 4 nitrogen and oxygen atoms in total. The van der Waals surface area contributed by atoms with Gasteiger partial charge in [-0.2, -0.15) is 0 Å². The van der Waals surface area contributed by atoms with Gasteiger partial charge in [0.2, 0.25) is 5.91 Å². The van der Waals surface area contributed by atoms with Crippen molar-refractivity contribution in [2.45, 2.75) is 50.6 Å². The monoisotopic (exact) mass is 313 g/mol. The number of carbonyl (C=O) groups excluding carboxylic acids is 1. The molecular weight excluding hydrogens is 286 g/mol. The highest BCUT2D eigenvalue weighted by atomic mass is 16.2. The number of fused-ring (bicyclic) bond motifs is 3. The van der Waals surface area contributed by atoms with Crippen LogP contribution in [0.3, 0.4) is 0 Å². The minimum Gasteiger partial charge on any atom is -0.362 e. The second-order valence-corrected chi connectivity index (χ2v) is 7.58. The van der Waals surface area contributed by atoms with Crippen molar-refractivity contribution in [2.75, 3.05) is 18.0 Å². The Labute approximate surface area is 138 Å². The standard InChI is InChI=1S/C19H27N3O/c20-16-10-14-5-3-6-15(11-16)19(14)21-18(23)12-22-9-8-13-4-1-2-7-17(13)22/h1-2,4,7,14-16,19H,3,5-6,8-12,20H2,(H,21,23). The second kappa shape index (κ2) is 6.16. The molecule has 1 aliphatic heterocycles. The first-order chi connectivity index (χ1) is 11.2. The lowest BCUT2D eigenvalue weighted by Gasteiger charge is -2.45. The fraction of sp³-hybridized carbons (Fsp3) is 0.632. The van der Waals surface area contributed by atoms with Crippen LogP contribution in [-0.2, 0) is 11.2 Å². The SMILES string of the molecule is NC1CC2CCCC(C1)C2NC(=O)CN1CCc2ccccc21. The topological polar surface area (TPSA) is 58.4 Å². The van der Waals surface area contributed by atoms with Crippen molar-refractivity contribution in [1.82, 2.24) is 5.32 Å². The van der Waals surface area contributed by atoms with E-state index in [9.17, 15) is 4.79 Å². The Morgan fingerprint density at radius 1 is 1.22 bits per heavy atom. The zero-order valence-electron chi connectivity index (χ0n) is 13.7. The maximum Gasteiger partial charge on any atom is 0.239 e. The molecule has 2 atom stereocenters. The number of hydrogen-bond donors (Lipinski definition) is 2. The van der Waals surface area contributed by atoms with Gasteiger partial charge < -0.3 is 16.0 Å². The van der Waals surface area contributed by atoms with E-state index in [0.717, 1.165) is 25.8 Å². The molecule has 2 saturated carbocycles. The molecule has 3 aliphatic rings. The third-order valence-electron chi connectivity index (χ3n) is 6.02. The van der Waals surface area contributed by atoms with Gasteiger partial charge in [-0.1, -0.05) is 24.6 Å². The van der Waals surface area contributed by atoms with E-state index in [1.807, 2.05) is 0 Å². The highest BCUT2D eigenvalue weighted by Gasteiger charge is 2.40. The lowest BCUT2D eigenvalue weighted by atomic mass is 9.67. The van der Waals surface area contributed by atoms with Crippen molar-refractivity contribution in [3.63, 3.8) is 0 Å². The lowest BCUT2D eigenvalue weighted by Crippen LogP contribution is -2.55. The largest absolute Gasteiger partial charge is 0.362 e. The van der Waals surface area contributed by atoms with Gasteiger partial charge in [0.25, 0.3) is 0 Å². The van der Waals surface area contributed by atoms with Gasteiger partial charge in [-0.15, -0.1) is 0 Å². The van der Waals surface area contributed by atoms with Crippen molar-refractivity contribution in [1.29, 1.82) is 0 Å². The normalized spacial score (nSPS) is 32.5. The van der Waals surface area contributed by atoms with Crippen molar-refractivity contribution < 1.29 is 4.79 Å². The molecule has 0 aromatic heterocycles. The van der Waals surface area contributed by atoms with Gasteiger partial charge in [-0.05, 0) is 55.6 Å². The number of rotatable bonds is 3. The molecule has 1 amide bonds. The predicted molar refractivity (Wildman–Crippen MR) is 92.3 cm³/mol. The highest BCUT2D eigenvalue weighted by Crippen LogP contribution is 2.39. The average molecular weight is 313 g/mol. The number of carbonyl (C=O) groups is 1. The molecule has 1 heterocycles. The van der Waals surface area contributed by atoms with Crippen LogP contribution in [0.1, 0.15) is 37.7 Å². The van der Waals surface area contributed by atoms with Crippen LogP contribution in [-0.4, -0.2) is 31.1 Å². The van der Waals surface area contributed by atoms with Crippen molar-refractivity contribution in [3.8, 4) is 0 Å². The summed E-state index contributed by atoms with van der Waals surface area (Å²) in [5, 5.41) is 3.36. The second-order valence-electron chi connectivity index (χ2n) is 7.58. The van der Waals surface area contributed by atoms with Crippen LogP contribution in [0.5, 0.6) is 0 Å². The number of nitrogens with one attached hydrogen (secondary N) is 1. The van der Waals surface area contributed by atoms with Crippen LogP contribution in [0.2, 0.25) is 0 Å². The molecule has 2 fully saturated rings. The van der Waals surface area contributed by atoms with E-state index in [4.69, 9.17) is 5.73 Å². The summed E-state index contributed by atoms with van der Waals surface area (Å²) in [6, 6.07) is 9.12. The number of benzene rings is 1. The zero-order chi connectivity index (χ0) is 15.8. The number of anilines is 1. The number of para-hydroxylation sites is 1. The zero-order valence-corrected chi connectivity index (χ0v) is 13.7. The lowest BCUT2D eigenvalue weighted by molar-refractivity contribution is -0.122. The molecule has 0 spiro atoms. The van der Waals surface area contributed by atoms with Gasteiger partial charge in [0, 0.05) is 24.3 Å². The van der Waals surface area contributed by atoms with E-state index in [-0.39, 0.29) is 5.91 Å². The summed E-state index contributed by atoms with van der Waals surface area (Å²) in [7, 11) is 0. The molecule has 23 heavy (non-hydrogen) atoms. The Bertz CT molecular complexity index is 574. The summed E-state index contributed by atoms with van der Waals surface area (Å²) in [6.07, 6.45) is 6.95. The Hall–Kier alpha value is -1.55. The van der Waals surface area contributed by atoms with Crippen LogP contribution in [0, 0.1) is 11.8 Å². The highest BCUT2D eigenvalue weighted by molar-refractivity contribution is 5.82. The Morgan fingerprint density at radius 2 is 1.96 bits per heavy atom. The van der Waals surface area contributed by atoms with Crippen LogP contribution >= 0.6 is 0 Å². The van der Waals surface area contributed by atoms with Gasteiger partial charge in [0.15, 0.2) is 0 Å². The first kappa shape index (κ1) is 15.0. The van der Waals surface area contributed by atoms with Gasteiger partial charge in [-0.25, -0.2) is 0 Å². The molecule has 2 bridgehead atoms. The van der Waals surface area contributed by atoms with E-state index in [1.165, 1.54) is 30.5 Å². The Balaban J connectivity index is 1.39. The maximum absolute atomic E-state index is 12.6. The van der Waals surface area contributed by atoms with Gasteiger partial charge in [0.05, 0.1) is 6.54 Å². The minimum absolute atomic E-state index is 0.180. The molecule has 0 saturated heterocycles. The molecule has 4 heteroatoms. The molecular formula is C19H27N3O. The third kappa shape index (κ3) is 2.97. The van der Waals surface area contributed by atoms with Gasteiger partial charge in [-0.3, -0.25) is 4.79 Å². The maximum atomic E-state index is 12.6. The van der Waals surface area contributed by atoms with Crippen LogP contribution < -0.4 is 16.0 Å². The summed E-state index contributed by atoms with van der Waals surface area (Å²) in [5.41, 5.74) is 8.77. The van der Waals surface area contributed by atoms with E-state index in [0.29, 0.717) is 30.5 Å². The molecule has 1 aromatic carbocycles. The average Bonchev–Trinajstić information content (AvgIpc) is 2.91. The summed E-state index contributed by atoms with van der Waals surface area (Å²) in [6.45, 7) is 1.44. The van der Waals surface area contributed by atoms with Crippen molar-refractivity contribution in [3.05, 3.63) is 29.8 Å². The van der Waals surface area contributed by atoms with E-state index < -0.39 is 0 Å². The van der Waals surface area contributed by atoms with Crippen LogP contribution in [0.15, 0.2) is 24.3 Å².